The SMILES string of the molecule is O=C(c1cc2n(n1)[C@H](C(F)(F)F)C[C@@H](c1ccc(Cl)cc1)N2)N1CC[NH+](Cc2ccccc2)CC1. The van der Waals surface area contributed by atoms with Gasteiger partial charge in [0.05, 0.1) is 32.2 Å². The minimum atomic E-state index is -4.50. The Labute approximate surface area is 206 Å². The molecule has 2 N–H and O–H groups in total. The second-order valence-corrected chi connectivity index (χ2v) is 9.54. The Bertz CT molecular complexity index is 1170. The van der Waals surface area contributed by atoms with Gasteiger partial charge in [0.1, 0.15) is 12.4 Å². The molecule has 3 heterocycles. The molecule has 184 valence electrons. The summed E-state index contributed by atoms with van der Waals surface area (Å²) in [5.74, 6) is -0.147. The normalized spacial score (nSPS) is 20.9. The molecule has 2 aromatic carbocycles. The van der Waals surface area contributed by atoms with Crippen LogP contribution in [-0.4, -0.2) is 52.9 Å². The lowest BCUT2D eigenvalue weighted by Gasteiger charge is -2.33. The Kier molecular flexibility index (Phi) is 6.46. The molecular weight excluding hydrogens is 479 g/mol. The van der Waals surface area contributed by atoms with Gasteiger partial charge in [-0.3, -0.25) is 4.79 Å². The molecule has 0 spiro atoms. The standard InChI is InChI=1S/C25H25ClF3N5O/c26-19-8-6-18(7-9-19)20-14-22(25(27,28)29)34-23(30-20)15-21(31-34)24(35)33-12-10-32(11-13-33)16-17-4-2-1-3-5-17/h1-9,15,20,22,30H,10-14,16H2/p+1/t20-,22-/m0/s1. The predicted molar refractivity (Wildman–Crippen MR) is 126 cm³/mol. The van der Waals surface area contributed by atoms with Gasteiger partial charge < -0.3 is 15.1 Å². The van der Waals surface area contributed by atoms with Gasteiger partial charge in [-0.25, -0.2) is 4.68 Å². The molecule has 0 aliphatic carbocycles. The quantitative estimate of drug-likeness (QED) is 0.569. The molecule has 1 fully saturated rings. The molecule has 0 saturated carbocycles. The molecule has 1 amide bonds. The van der Waals surface area contributed by atoms with Crippen molar-refractivity contribution < 1.29 is 22.9 Å². The van der Waals surface area contributed by atoms with Crippen LogP contribution in [0.5, 0.6) is 0 Å². The number of amides is 1. The number of hydrogen-bond donors (Lipinski definition) is 2. The summed E-state index contributed by atoms with van der Waals surface area (Å²) >= 11 is 5.94. The summed E-state index contributed by atoms with van der Waals surface area (Å²) in [6.07, 6.45) is -4.73. The predicted octanol–water partition coefficient (Wildman–Crippen LogP) is 3.74. The number of quaternary nitrogens is 1. The van der Waals surface area contributed by atoms with Crippen LogP contribution in [0.2, 0.25) is 5.02 Å². The van der Waals surface area contributed by atoms with Crippen molar-refractivity contribution in [3.63, 3.8) is 0 Å². The first-order chi connectivity index (χ1) is 16.8. The lowest BCUT2D eigenvalue weighted by Crippen LogP contribution is -3.13. The van der Waals surface area contributed by atoms with Gasteiger partial charge in [-0.1, -0.05) is 54.1 Å². The lowest BCUT2D eigenvalue weighted by atomic mass is 9.97. The third-order valence-corrected chi connectivity index (χ3v) is 6.99. The van der Waals surface area contributed by atoms with Gasteiger partial charge in [0, 0.05) is 23.1 Å². The third-order valence-electron chi connectivity index (χ3n) is 6.74. The van der Waals surface area contributed by atoms with E-state index in [2.05, 4.69) is 22.5 Å². The van der Waals surface area contributed by atoms with Crippen molar-refractivity contribution in [2.75, 3.05) is 31.5 Å². The van der Waals surface area contributed by atoms with Gasteiger partial charge in [-0.15, -0.1) is 0 Å². The first-order valence-electron chi connectivity index (χ1n) is 11.6. The average Bonchev–Trinajstić information content (AvgIpc) is 3.28. The summed E-state index contributed by atoms with van der Waals surface area (Å²) in [5, 5.41) is 7.76. The van der Waals surface area contributed by atoms with Crippen LogP contribution in [-0.2, 0) is 6.54 Å². The van der Waals surface area contributed by atoms with E-state index < -0.39 is 18.3 Å². The summed E-state index contributed by atoms with van der Waals surface area (Å²) in [7, 11) is 0. The zero-order valence-corrected chi connectivity index (χ0v) is 19.7. The summed E-state index contributed by atoms with van der Waals surface area (Å²) in [6, 6.07) is 15.9. The molecule has 1 aromatic heterocycles. The number of halogens is 4. The monoisotopic (exact) mass is 504 g/mol. The number of carbonyl (C=O) groups excluding carboxylic acids is 1. The molecule has 2 aliphatic rings. The highest BCUT2D eigenvalue weighted by Gasteiger charge is 2.47. The van der Waals surface area contributed by atoms with Gasteiger partial charge >= 0.3 is 6.18 Å². The molecule has 2 aliphatic heterocycles. The van der Waals surface area contributed by atoms with Crippen molar-refractivity contribution in [3.8, 4) is 0 Å². The largest absolute Gasteiger partial charge is 0.410 e. The maximum absolute atomic E-state index is 14.0. The molecule has 35 heavy (non-hydrogen) atoms. The van der Waals surface area contributed by atoms with Crippen molar-refractivity contribution in [2.45, 2.75) is 31.2 Å². The smallest absolute Gasteiger partial charge is 0.363 e. The first-order valence-corrected chi connectivity index (χ1v) is 12.0. The summed E-state index contributed by atoms with van der Waals surface area (Å²) in [4.78, 5) is 16.2. The van der Waals surface area contributed by atoms with Gasteiger partial charge in [0.2, 0.25) is 0 Å². The van der Waals surface area contributed by atoms with Crippen LogP contribution < -0.4 is 10.2 Å². The molecule has 3 aromatic rings. The van der Waals surface area contributed by atoms with Crippen molar-refractivity contribution in [1.82, 2.24) is 14.7 Å². The Balaban J connectivity index is 1.30. The van der Waals surface area contributed by atoms with E-state index in [0.717, 1.165) is 24.3 Å². The minimum absolute atomic E-state index is 0.0324. The molecular formula is C25H26ClF3N5O+. The van der Waals surface area contributed by atoms with E-state index in [9.17, 15) is 18.0 Å². The number of alkyl halides is 3. The number of nitrogens with one attached hydrogen (secondary N) is 2. The Hall–Kier alpha value is -3.04. The summed E-state index contributed by atoms with van der Waals surface area (Å²) in [6.45, 7) is 3.50. The molecule has 2 atom stereocenters. The highest BCUT2D eigenvalue weighted by molar-refractivity contribution is 6.30. The number of piperazine rings is 1. The van der Waals surface area contributed by atoms with Gasteiger partial charge in [-0.2, -0.15) is 18.3 Å². The topological polar surface area (TPSA) is 54.6 Å². The number of benzene rings is 2. The van der Waals surface area contributed by atoms with Crippen LogP contribution in [0, 0.1) is 0 Å². The third kappa shape index (κ3) is 5.16. The minimum Gasteiger partial charge on any atom is -0.363 e. The van der Waals surface area contributed by atoms with Crippen molar-refractivity contribution in [2.24, 2.45) is 0 Å². The van der Waals surface area contributed by atoms with Crippen LogP contribution in [0.4, 0.5) is 19.0 Å². The fourth-order valence-corrected chi connectivity index (χ4v) is 4.97. The number of carbonyl (C=O) groups is 1. The Morgan fingerprint density at radius 3 is 2.43 bits per heavy atom. The Morgan fingerprint density at radius 1 is 1.09 bits per heavy atom. The average molecular weight is 505 g/mol. The molecule has 0 radical (unpaired) electrons. The van der Waals surface area contributed by atoms with Crippen LogP contribution in [0.3, 0.4) is 0 Å². The van der Waals surface area contributed by atoms with E-state index in [4.69, 9.17) is 11.6 Å². The molecule has 10 heteroatoms. The fourth-order valence-electron chi connectivity index (χ4n) is 4.84. The van der Waals surface area contributed by atoms with Crippen molar-refractivity contribution in [1.29, 1.82) is 0 Å². The molecule has 6 nitrogen and oxygen atoms in total. The number of hydrogen-bond acceptors (Lipinski definition) is 3. The molecule has 0 unspecified atom stereocenters. The van der Waals surface area contributed by atoms with E-state index in [1.807, 2.05) is 18.2 Å². The number of fused-ring (bicyclic) bond motifs is 1. The number of rotatable bonds is 4. The van der Waals surface area contributed by atoms with E-state index >= 15 is 0 Å². The van der Waals surface area contributed by atoms with Gasteiger partial charge in [0.15, 0.2) is 11.7 Å². The number of anilines is 1. The lowest BCUT2D eigenvalue weighted by molar-refractivity contribution is -0.917. The number of aromatic nitrogens is 2. The summed E-state index contributed by atoms with van der Waals surface area (Å²) in [5.41, 5.74) is 1.97. The summed E-state index contributed by atoms with van der Waals surface area (Å²) < 4.78 is 42.8. The fraction of sp³-hybridized carbons (Fsp3) is 0.360. The maximum Gasteiger partial charge on any atom is 0.410 e. The van der Waals surface area contributed by atoms with E-state index in [1.54, 1.807) is 29.2 Å². The molecule has 5 rings (SSSR count). The van der Waals surface area contributed by atoms with E-state index in [1.165, 1.54) is 16.5 Å². The number of nitrogens with zero attached hydrogens (tertiary/aromatic N) is 3. The molecule has 0 bridgehead atoms. The zero-order valence-electron chi connectivity index (χ0n) is 18.9. The highest BCUT2D eigenvalue weighted by Crippen LogP contribution is 2.43. The first kappa shape index (κ1) is 23.7. The van der Waals surface area contributed by atoms with Gasteiger partial charge in [0.25, 0.3) is 5.91 Å². The van der Waals surface area contributed by atoms with Crippen LogP contribution in [0.25, 0.3) is 0 Å². The van der Waals surface area contributed by atoms with Crippen molar-refractivity contribution >= 4 is 23.3 Å². The van der Waals surface area contributed by atoms with Crippen molar-refractivity contribution in [3.05, 3.63) is 82.5 Å². The van der Waals surface area contributed by atoms with Gasteiger partial charge in [-0.05, 0) is 17.7 Å². The maximum atomic E-state index is 14.0. The highest BCUT2D eigenvalue weighted by atomic mass is 35.5. The zero-order chi connectivity index (χ0) is 24.6. The Morgan fingerprint density at radius 2 is 1.77 bits per heavy atom. The second kappa shape index (κ2) is 9.54. The van der Waals surface area contributed by atoms with Crippen LogP contribution >= 0.6 is 11.6 Å². The second-order valence-electron chi connectivity index (χ2n) is 9.11. The van der Waals surface area contributed by atoms with Crippen LogP contribution in [0.15, 0.2) is 60.7 Å². The van der Waals surface area contributed by atoms with Crippen LogP contribution in [0.1, 0.15) is 40.1 Å². The van der Waals surface area contributed by atoms with E-state index in [-0.39, 0.29) is 23.8 Å². The van der Waals surface area contributed by atoms with E-state index in [0.29, 0.717) is 23.7 Å². The molecule has 1 saturated heterocycles.